The van der Waals surface area contributed by atoms with Gasteiger partial charge >= 0.3 is 0 Å². The third kappa shape index (κ3) is 3.21. The van der Waals surface area contributed by atoms with Crippen molar-refractivity contribution in [1.29, 1.82) is 0 Å². The topological polar surface area (TPSA) is 20.3 Å². The third-order valence-corrected chi connectivity index (χ3v) is 4.19. The van der Waals surface area contributed by atoms with E-state index in [1.165, 1.54) is 19.3 Å². The molecule has 1 aromatic rings. The van der Waals surface area contributed by atoms with Gasteiger partial charge in [0, 0.05) is 22.2 Å². The smallest absolute Gasteiger partial charge is 0.253 e. The zero-order valence-corrected chi connectivity index (χ0v) is 12.3. The number of rotatable bonds is 2. The second-order valence-corrected chi connectivity index (χ2v) is 5.96. The molecule has 1 aliphatic rings. The molecule has 0 atom stereocenters. The summed E-state index contributed by atoms with van der Waals surface area (Å²) in [5.74, 6) is 0.162. The Bertz CT molecular complexity index is 399. The maximum atomic E-state index is 12.3. The standard InChI is InChI=1S/C14H18INO/c1-16(13-8-3-2-4-9-13)14(17)11-6-5-7-12(15)10-11/h5-7,10,13H,2-4,8-9H2,1H3. The van der Waals surface area contributed by atoms with Gasteiger partial charge in [0.1, 0.15) is 0 Å². The fraction of sp³-hybridized carbons (Fsp3) is 0.500. The largest absolute Gasteiger partial charge is 0.339 e. The molecule has 2 nitrogen and oxygen atoms in total. The fourth-order valence-corrected chi connectivity index (χ4v) is 3.00. The Hall–Kier alpha value is -0.580. The molecule has 92 valence electrons. The number of benzene rings is 1. The first-order chi connectivity index (χ1) is 8.18. The molecule has 2 rings (SSSR count). The van der Waals surface area contributed by atoms with Gasteiger partial charge in [0.2, 0.25) is 0 Å². The average molecular weight is 343 g/mol. The van der Waals surface area contributed by atoms with E-state index in [0.29, 0.717) is 6.04 Å². The van der Waals surface area contributed by atoms with Crippen molar-refractivity contribution in [1.82, 2.24) is 4.90 Å². The van der Waals surface area contributed by atoms with Crippen molar-refractivity contribution in [2.75, 3.05) is 7.05 Å². The van der Waals surface area contributed by atoms with Crippen LogP contribution in [0.5, 0.6) is 0 Å². The Morgan fingerprint density at radius 2 is 2.00 bits per heavy atom. The minimum Gasteiger partial charge on any atom is -0.339 e. The fourth-order valence-electron chi connectivity index (χ4n) is 2.46. The summed E-state index contributed by atoms with van der Waals surface area (Å²) < 4.78 is 1.12. The maximum absolute atomic E-state index is 12.3. The molecule has 17 heavy (non-hydrogen) atoms. The summed E-state index contributed by atoms with van der Waals surface area (Å²) >= 11 is 2.25. The number of hydrogen-bond donors (Lipinski definition) is 0. The lowest BCUT2D eigenvalue weighted by Crippen LogP contribution is -2.38. The molecule has 0 aliphatic heterocycles. The summed E-state index contributed by atoms with van der Waals surface area (Å²) in [5, 5.41) is 0. The number of hydrogen-bond acceptors (Lipinski definition) is 1. The van der Waals surface area contributed by atoms with Gasteiger partial charge in [-0.1, -0.05) is 25.3 Å². The van der Waals surface area contributed by atoms with Crippen molar-refractivity contribution in [2.45, 2.75) is 38.1 Å². The highest BCUT2D eigenvalue weighted by atomic mass is 127. The maximum Gasteiger partial charge on any atom is 0.253 e. The lowest BCUT2D eigenvalue weighted by Gasteiger charge is -2.31. The molecule has 0 saturated heterocycles. The van der Waals surface area contributed by atoms with Crippen LogP contribution in [0.1, 0.15) is 42.5 Å². The van der Waals surface area contributed by atoms with Crippen molar-refractivity contribution in [3.05, 3.63) is 33.4 Å². The number of amides is 1. The van der Waals surface area contributed by atoms with Crippen LogP contribution in [0.15, 0.2) is 24.3 Å². The molecule has 3 heteroatoms. The second kappa shape index (κ2) is 5.85. The first kappa shape index (κ1) is 12.9. The Morgan fingerprint density at radius 1 is 1.29 bits per heavy atom. The van der Waals surface area contributed by atoms with Crippen LogP contribution in [-0.2, 0) is 0 Å². The van der Waals surface area contributed by atoms with Crippen LogP contribution in [0.4, 0.5) is 0 Å². The van der Waals surface area contributed by atoms with Crippen LogP contribution in [0.25, 0.3) is 0 Å². The van der Waals surface area contributed by atoms with Gasteiger partial charge in [-0.2, -0.15) is 0 Å². The number of nitrogens with zero attached hydrogens (tertiary/aromatic N) is 1. The molecule has 1 aromatic carbocycles. The van der Waals surface area contributed by atoms with Crippen LogP contribution in [0, 0.1) is 3.57 Å². The summed E-state index contributed by atoms with van der Waals surface area (Å²) in [6.45, 7) is 0. The van der Waals surface area contributed by atoms with Crippen LogP contribution in [-0.4, -0.2) is 23.9 Å². The molecule has 0 heterocycles. The summed E-state index contributed by atoms with van der Waals surface area (Å²) in [5.41, 5.74) is 0.810. The minimum atomic E-state index is 0.162. The Morgan fingerprint density at radius 3 is 2.65 bits per heavy atom. The Labute approximate surface area is 117 Å². The van der Waals surface area contributed by atoms with Gasteiger partial charge in [-0.15, -0.1) is 0 Å². The van der Waals surface area contributed by atoms with Gasteiger partial charge in [0.15, 0.2) is 0 Å². The molecule has 0 bridgehead atoms. The van der Waals surface area contributed by atoms with E-state index in [0.717, 1.165) is 22.0 Å². The van der Waals surface area contributed by atoms with E-state index in [4.69, 9.17) is 0 Å². The van der Waals surface area contributed by atoms with Gasteiger partial charge in [0.05, 0.1) is 0 Å². The van der Waals surface area contributed by atoms with Crippen molar-refractivity contribution in [3.8, 4) is 0 Å². The molecule has 0 spiro atoms. The zero-order chi connectivity index (χ0) is 12.3. The lowest BCUT2D eigenvalue weighted by molar-refractivity contribution is 0.0696. The molecule has 1 aliphatic carbocycles. The highest BCUT2D eigenvalue weighted by Crippen LogP contribution is 2.23. The zero-order valence-electron chi connectivity index (χ0n) is 10.2. The Balaban J connectivity index is 2.08. The predicted octanol–water partition coefficient (Wildman–Crippen LogP) is 3.70. The first-order valence-electron chi connectivity index (χ1n) is 6.21. The van der Waals surface area contributed by atoms with Crippen molar-refractivity contribution in [3.63, 3.8) is 0 Å². The first-order valence-corrected chi connectivity index (χ1v) is 7.29. The van der Waals surface area contributed by atoms with Crippen molar-refractivity contribution < 1.29 is 4.79 Å². The van der Waals surface area contributed by atoms with Crippen LogP contribution < -0.4 is 0 Å². The van der Waals surface area contributed by atoms with E-state index < -0.39 is 0 Å². The predicted molar refractivity (Wildman–Crippen MR) is 78.1 cm³/mol. The summed E-state index contributed by atoms with van der Waals surface area (Å²) in [6.07, 6.45) is 6.16. The van der Waals surface area contributed by atoms with E-state index in [1.54, 1.807) is 0 Å². The van der Waals surface area contributed by atoms with E-state index in [-0.39, 0.29) is 5.91 Å². The van der Waals surface area contributed by atoms with E-state index in [9.17, 15) is 4.79 Å². The van der Waals surface area contributed by atoms with E-state index >= 15 is 0 Å². The minimum absolute atomic E-state index is 0.162. The normalized spacial score (nSPS) is 16.8. The lowest BCUT2D eigenvalue weighted by atomic mass is 9.94. The molecule has 1 amide bonds. The second-order valence-electron chi connectivity index (χ2n) is 4.72. The number of carbonyl (C=O) groups excluding carboxylic acids is 1. The molecular formula is C14H18INO. The molecular weight excluding hydrogens is 325 g/mol. The van der Waals surface area contributed by atoms with Gasteiger partial charge in [-0.3, -0.25) is 4.79 Å². The van der Waals surface area contributed by atoms with Gasteiger partial charge in [0.25, 0.3) is 5.91 Å². The summed E-state index contributed by atoms with van der Waals surface area (Å²) in [7, 11) is 1.94. The van der Waals surface area contributed by atoms with Gasteiger partial charge in [-0.05, 0) is 53.6 Å². The van der Waals surface area contributed by atoms with Gasteiger partial charge < -0.3 is 4.90 Å². The highest BCUT2D eigenvalue weighted by Gasteiger charge is 2.22. The van der Waals surface area contributed by atoms with Gasteiger partial charge in [-0.25, -0.2) is 0 Å². The molecule has 1 saturated carbocycles. The quantitative estimate of drug-likeness (QED) is 0.750. The highest BCUT2D eigenvalue weighted by molar-refractivity contribution is 14.1. The molecule has 0 radical (unpaired) electrons. The van der Waals surface area contributed by atoms with Crippen LogP contribution in [0.3, 0.4) is 0 Å². The van der Waals surface area contributed by atoms with Crippen LogP contribution in [0.2, 0.25) is 0 Å². The SMILES string of the molecule is CN(C(=O)c1cccc(I)c1)C1CCCCC1. The number of halogens is 1. The van der Waals surface area contributed by atoms with Crippen molar-refractivity contribution in [2.24, 2.45) is 0 Å². The molecule has 0 aromatic heterocycles. The molecule has 0 unspecified atom stereocenters. The summed E-state index contributed by atoms with van der Waals surface area (Å²) in [4.78, 5) is 14.3. The van der Waals surface area contributed by atoms with E-state index in [2.05, 4.69) is 22.6 Å². The number of carbonyl (C=O) groups is 1. The van der Waals surface area contributed by atoms with E-state index in [1.807, 2.05) is 36.2 Å². The monoisotopic (exact) mass is 343 g/mol. The summed E-state index contributed by atoms with van der Waals surface area (Å²) in [6, 6.07) is 8.27. The average Bonchev–Trinajstić information content (AvgIpc) is 2.38. The van der Waals surface area contributed by atoms with Crippen LogP contribution >= 0.6 is 22.6 Å². The molecule has 1 fully saturated rings. The molecule has 0 N–H and O–H groups in total. The van der Waals surface area contributed by atoms with Crippen molar-refractivity contribution >= 4 is 28.5 Å². The Kier molecular flexibility index (Phi) is 4.42. The third-order valence-electron chi connectivity index (χ3n) is 3.51.